The molecule has 3 rings (SSSR count). The number of benzene rings is 1. The number of nitrogens with zero attached hydrogens (tertiary/aromatic N) is 1. The van der Waals surface area contributed by atoms with Crippen molar-refractivity contribution in [3.05, 3.63) is 53.0 Å². The molecule has 0 atom stereocenters. The van der Waals surface area contributed by atoms with Crippen LogP contribution in [0.1, 0.15) is 35.5 Å². The van der Waals surface area contributed by atoms with Gasteiger partial charge in [0.25, 0.3) is 0 Å². The van der Waals surface area contributed by atoms with Gasteiger partial charge in [0.2, 0.25) is 0 Å². The fraction of sp³-hybridized carbons (Fsp3) is 0.444. The van der Waals surface area contributed by atoms with Crippen LogP contribution in [0.5, 0.6) is 0 Å². The molecule has 1 N–H and O–H groups in total. The van der Waals surface area contributed by atoms with Gasteiger partial charge in [-0.15, -0.1) is 0 Å². The number of rotatable bonds is 6. The molecule has 0 amide bonds. The van der Waals surface area contributed by atoms with Gasteiger partial charge in [0, 0.05) is 30.9 Å². The van der Waals surface area contributed by atoms with Crippen LogP contribution >= 0.6 is 0 Å². The molecular formula is C18H24N2O. The highest BCUT2D eigenvalue weighted by molar-refractivity contribution is 5.52. The van der Waals surface area contributed by atoms with E-state index in [-0.39, 0.29) is 0 Å². The molecule has 0 saturated heterocycles. The highest BCUT2D eigenvalue weighted by Crippen LogP contribution is 2.23. The molecule has 0 unspecified atom stereocenters. The van der Waals surface area contributed by atoms with Gasteiger partial charge in [-0.1, -0.05) is 18.2 Å². The van der Waals surface area contributed by atoms with Gasteiger partial charge in [-0.2, -0.15) is 0 Å². The van der Waals surface area contributed by atoms with Crippen molar-refractivity contribution in [2.75, 3.05) is 11.9 Å². The fourth-order valence-corrected chi connectivity index (χ4v) is 2.69. The molecule has 1 aliphatic carbocycles. The molecule has 1 fully saturated rings. The monoisotopic (exact) mass is 284 g/mol. The summed E-state index contributed by atoms with van der Waals surface area (Å²) in [6.45, 7) is 5.93. The van der Waals surface area contributed by atoms with Crippen molar-refractivity contribution in [2.45, 2.75) is 45.8 Å². The Balaban J connectivity index is 1.66. The molecule has 1 heterocycles. The summed E-state index contributed by atoms with van der Waals surface area (Å²) in [6, 6.07) is 11.4. The molecule has 1 aliphatic rings. The third-order valence-electron chi connectivity index (χ3n) is 4.15. The lowest BCUT2D eigenvalue weighted by Crippen LogP contribution is -2.17. The van der Waals surface area contributed by atoms with Gasteiger partial charge in [0.15, 0.2) is 0 Å². The Morgan fingerprint density at radius 1 is 1.24 bits per heavy atom. The molecule has 1 saturated carbocycles. The van der Waals surface area contributed by atoms with Crippen molar-refractivity contribution in [1.29, 1.82) is 0 Å². The largest absolute Gasteiger partial charge is 0.464 e. The molecule has 112 valence electrons. The van der Waals surface area contributed by atoms with E-state index in [9.17, 15) is 0 Å². The first-order valence-corrected chi connectivity index (χ1v) is 7.72. The summed E-state index contributed by atoms with van der Waals surface area (Å²) < 4.78 is 5.92. The summed E-state index contributed by atoms with van der Waals surface area (Å²) in [5.74, 6) is 2.07. The topological polar surface area (TPSA) is 28.4 Å². The molecule has 0 radical (unpaired) electrons. The van der Waals surface area contributed by atoms with Crippen LogP contribution in [0.2, 0.25) is 0 Å². The van der Waals surface area contributed by atoms with Gasteiger partial charge < -0.3 is 14.6 Å². The van der Waals surface area contributed by atoms with E-state index in [1.54, 1.807) is 0 Å². The van der Waals surface area contributed by atoms with E-state index in [1.807, 2.05) is 0 Å². The first kappa shape index (κ1) is 14.2. The Labute approximate surface area is 127 Å². The van der Waals surface area contributed by atoms with Gasteiger partial charge in [-0.3, -0.25) is 0 Å². The first-order chi connectivity index (χ1) is 10.1. The average molecular weight is 284 g/mol. The third kappa shape index (κ3) is 3.48. The lowest BCUT2D eigenvalue weighted by Gasteiger charge is -2.20. The van der Waals surface area contributed by atoms with Crippen molar-refractivity contribution in [2.24, 2.45) is 0 Å². The van der Waals surface area contributed by atoms with Crippen molar-refractivity contribution in [3.63, 3.8) is 0 Å². The van der Waals surface area contributed by atoms with E-state index in [0.29, 0.717) is 0 Å². The van der Waals surface area contributed by atoms with Crippen molar-refractivity contribution in [1.82, 2.24) is 5.32 Å². The lowest BCUT2D eigenvalue weighted by atomic mass is 10.2. The smallest absolute Gasteiger partial charge is 0.123 e. The van der Waals surface area contributed by atoms with Crippen molar-refractivity contribution in [3.8, 4) is 0 Å². The van der Waals surface area contributed by atoms with Gasteiger partial charge in [-0.05, 0) is 44.4 Å². The van der Waals surface area contributed by atoms with Crippen LogP contribution in [0.4, 0.5) is 5.69 Å². The Morgan fingerprint density at radius 2 is 2.00 bits per heavy atom. The summed E-state index contributed by atoms with van der Waals surface area (Å²) in [6.07, 6.45) is 2.64. The van der Waals surface area contributed by atoms with Gasteiger partial charge >= 0.3 is 0 Å². The van der Waals surface area contributed by atoms with E-state index in [1.165, 1.54) is 29.7 Å². The lowest BCUT2D eigenvalue weighted by molar-refractivity contribution is 0.477. The summed E-state index contributed by atoms with van der Waals surface area (Å²) in [4.78, 5) is 2.24. The third-order valence-corrected chi connectivity index (χ3v) is 4.15. The number of nitrogens with one attached hydrogen (secondary N) is 1. The zero-order chi connectivity index (χ0) is 14.8. The van der Waals surface area contributed by atoms with Crippen LogP contribution in [0.25, 0.3) is 0 Å². The van der Waals surface area contributed by atoms with Crippen LogP contribution in [0.3, 0.4) is 0 Å². The van der Waals surface area contributed by atoms with Crippen molar-refractivity contribution < 1.29 is 4.42 Å². The molecule has 0 spiro atoms. The SMILES string of the molecule is Cc1ccccc1N(C)Cc1cc(CNC2CC2)c(C)o1. The maximum atomic E-state index is 5.92. The molecule has 21 heavy (non-hydrogen) atoms. The maximum absolute atomic E-state index is 5.92. The molecule has 1 aromatic heterocycles. The van der Waals surface area contributed by atoms with Crippen LogP contribution in [-0.4, -0.2) is 13.1 Å². The summed E-state index contributed by atoms with van der Waals surface area (Å²) >= 11 is 0. The van der Waals surface area contributed by atoms with Crippen LogP contribution in [0.15, 0.2) is 34.7 Å². The van der Waals surface area contributed by atoms with Crippen LogP contribution in [0, 0.1) is 13.8 Å². The number of hydrogen-bond acceptors (Lipinski definition) is 3. The maximum Gasteiger partial charge on any atom is 0.123 e. The normalized spacial score (nSPS) is 14.4. The number of furan rings is 1. The molecule has 0 aliphatic heterocycles. The number of hydrogen-bond donors (Lipinski definition) is 1. The highest BCUT2D eigenvalue weighted by atomic mass is 16.3. The second kappa shape index (κ2) is 5.94. The zero-order valence-corrected chi connectivity index (χ0v) is 13.1. The summed E-state index contributed by atoms with van der Waals surface area (Å²) in [5.41, 5.74) is 3.83. The predicted octanol–water partition coefficient (Wildman–Crippen LogP) is 3.78. The molecule has 1 aromatic carbocycles. The average Bonchev–Trinajstić information content (AvgIpc) is 3.21. The first-order valence-electron chi connectivity index (χ1n) is 7.72. The van der Waals surface area contributed by atoms with Gasteiger partial charge in [-0.25, -0.2) is 0 Å². The Morgan fingerprint density at radius 3 is 2.71 bits per heavy atom. The van der Waals surface area contributed by atoms with E-state index >= 15 is 0 Å². The van der Waals surface area contributed by atoms with Crippen LogP contribution in [-0.2, 0) is 13.1 Å². The van der Waals surface area contributed by atoms with E-state index < -0.39 is 0 Å². The van der Waals surface area contributed by atoms with E-state index in [4.69, 9.17) is 4.42 Å². The van der Waals surface area contributed by atoms with E-state index in [2.05, 4.69) is 61.4 Å². The fourth-order valence-electron chi connectivity index (χ4n) is 2.69. The minimum atomic E-state index is 0.734. The minimum absolute atomic E-state index is 0.734. The zero-order valence-electron chi connectivity index (χ0n) is 13.1. The minimum Gasteiger partial charge on any atom is -0.464 e. The molecule has 3 nitrogen and oxygen atoms in total. The van der Waals surface area contributed by atoms with Gasteiger partial charge in [0.1, 0.15) is 11.5 Å². The quantitative estimate of drug-likeness (QED) is 0.875. The predicted molar refractivity (Wildman–Crippen MR) is 86.6 cm³/mol. The van der Waals surface area contributed by atoms with Gasteiger partial charge in [0.05, 0.1) is 6.54 Å². The number of anilines is 1. The Kier molecular flexibility index (Phi) is 4.02. The number of aryl methyl sites for hydroxylation is 2. The molecule has 0 bridgehead atoms. The highest BCUT2D eigenvalue weighted by Gasteiger charge is 2.21. The Bertz CT molecular complexity index is 613. The second-order valence-electron chi connectivity index (χ2n) is 6.09. The number of para-hydroxylation sites is 1. The molecule has 2 aromatic rings. The summed E-state index contributed by atoms with van der Waals surface area (Å²) in [7, 11) is 2.11. The summed E-state index contributed by atoms with van der Waals surface area (Å²) in [5, 5.41) is 3.55. The second-order valence-corrected chi connectivity index (χ2v) is 6.09. The van der Waals surface area contributed by atoms with Crippen LogP contribution < -0.4 is 10.2 Å². The standard InChI is InChI=1S/C18H24N2O/c1-13-6-4-5-7-18(13)20(3)12-17-10-15(14(2)21-17)11-19-16-8-9-16/h4-7,10,16,19H,8-9,11-12H2,1-3H3. The van der Waals surface area contributed by atoms with E-state index in [0.717, 1.165) is 30.7 Å². The molecule has 3 heteroatoms. The molecular weight excluding hydrogens is 260 g/mol. The van der Waals surface area contributed by atoms with Crippen molar-refractivity contribution >= 4 is 5.69 Å². The Hall–Kier alpha value is -1.74.